The molecule has 1 atom stereocenters. The zero-order valence-corrected chi connectivity index (χ0v) is 11.6. The Bertz CT molecular complexity index is 647. The molecular formula is C18H21N. The average Bonchev–Trinajstić information content (AvgIpc) is 2.84. The first-order valence-corrected chi connectivity index (χ1v) is 7.02. The molecule has 0 bridgehead atoms. The van der Waals surface area contributed by atoms with Crippen molar-refractivity contribution >= 4 is 10.9 Å². The number of H-pyrrole nitrogens is 1. The number of hydrogen-bond acceptors (Lipinski definition) is 0. The molecule has 1 aliphatic carbocycles. The van der Waals surface area contributed by atoms with Crippen LogP contribution in [0.25, 0.3) is 10.9 Å². The second-order valence-corrected chi connectivity index (χ2v) is 5.92. The van der Waals surface area contributed by atoms with E-state index < -0.39 is 0 Å². The summed E-state index contributed by atoms with van der Waals surface area (Å²) in [5.41, 5.74) is 5.50. The first-order valence-electron chi connectivity index (χ1n) is 7.02. The molecule has 19 heavy (non-hydrogen) atoms. The standard InChI is InChI=1S/C18H21N/c1-13(2)6-9-18(10-7-14(18)3)16-4-5-17-15(12-16)8-11-19-17/h4-5,8,11-12,19H,1,3,6-7,9-10H2,2H3/t18-/m1/s1. The molecule has 0 saturated heterocycles. The third kappa shape index (κ3) is 1.94. The summed E-state index contributed by atoms with van der Waals surface area (Å²) in [6.45, 7) is 10.5. The van der Waals surface area contributed by atoms with Crippen molar-refractivity contribution in [3.63, 3.8) is 0 Å². The number of hydrogen-bond donors (Lipinski definition) is 1. The van der Waals surface area contributed by atoms with E-state index in [1.54, 1.807) is 0 Å². The lowest BCUT2D eigenvalue weighted by Gasteiger charge is -2.45. The minimum absolute atomic E-state index is 0.199. The van der Waals surface area contributed by atoms with Gasteiger partial charge in [-0.2, -0.15) is 0 Å². The quantitative estimate of drug-likeness (QED) is 0.727. The molecule has 2 aromatic rings. The Labute approximate surface area is 115 Å². The fourth-order valence-corrected chi connectivity index (χ4v) is 3.18. The van der Waals surface area contributed by atoms with Gasteiger partial charge in [0, 0.05) is 17.1 Å². The van der Waals surface area contributed by atoms with Gasteiger partial charge in [0.2, 0.25) is 0 Å². The van der Waals surface area contributed by atoms with Crippen molar-refractivity contribution in [1.29, 1.82) is 0 Å². The zero-order valence-electron chi connectivity index (χ0n) is 11.6. The molecule has 1 aliphatic rings. The fraction of sp³-hybridized carbons (Fsp3) is 0.333. The summed E-state index contributed by atoms with van der Waals surface area (Å²) in [7, 11) is 0. The smallest absolute Gasteiger partial charge is 0.0454 e. The number of benzene rings is 1. The van der Waals surface area contributed by atoms with Crippen LogP contribution >= 0.6 is 0 Å². The van der Waals surface area contributed by atoms with Crippen molar-refractivity contribution in [3.8, 4) is 0 Å². The highest BCUT2D eigenvalue weighted by molar-refractivity contribution is 5.80. The van der Waals surface area contributed by atoms with E-state index in [-0.39, 0.29) is 5.41 Å². The molecule has 1 N–H and O–H groups in total. The second kappa shape index (κ2) is 4.41. The summed E-state index contributed by atoms with van der Waals surface area (Å²) in [6, 6.07) is 8.93. The van der Waals surface area contributed by atoms with Gasteiger partial charge < -0.3 is 4.98 Å². The predicted octanol–water partition coefficient (Wildman–Crippen LogP) is 5.11. The summed E-state index contributed by atoms with van der Waals surface area (Å²) >= 11 is 0. The molecule has 1 aromatic carbocycles. The maximum Gasteiger partial charge on any atom is 0.0454 e. The summed E-state index contributed by atoms with van der Waals surface area (Å²) in [6.07, 6.45) is 6.64. The summed E-state index contributed by atoms with van der Waals surface area (Å²) in [5, 5.41) is 1.30. The monoisotopic (exact) mass is 251 g/mol. The summed E-state index contributed by atoms with van der Waals surface area (Å²) in [5.74, 6) is 0. The number of aromatic amines is 1. The van der Waals surface area contributed by atoms with Crippen LogP contribution in [0.3, 0.4) is 0 Å². The molecule has 1 saturated carbocycles. The van der Waals surface area contributed by atoms with E-state index in [0.717, 1.165) is 12.8 Å². The maximum atomic E-state index is 4.30. The van der Waals surface area contributed by atoms with E-state index in [4.69, 9.17) is 0 Å². The van der Waals surface area contributed by atoms with Crippen molar-refractivity contribution in [1.82, 2.24) is 4.98 Å². The largest absolute Gasteiger partial charge is 0.361 e. The van der Waals surface area contributed by atoms with E-state index >= 15 is 0 Å². The van der Waals surface area contributed by atoms with Crippen LogP contribution in [0.15, 0.2) is 54.8 Å². The first-order chi connectivity index (χ1) is 9.12. The van der Waals surface area contributed by atoms with Gasteiger partial charge in [0.25, 0.3) is 0 Å². The molecule has 98 valence electrons. The van der Waals surface area contributed by atoms with Crippen molar-refractivity contribution < 1.29 is 0 Å². The van der Waals surface area contributed by atoms with Gasteiger partial charge in [-0.05, 0) is 61.8 Å². The highest BCUT2D eigenvalue weighted by Gasteiger charge is 2.41. The van der Waals surface area contributed by atoms with Gasteiger partial charge in [-0.15, -0.1) is 6.58 Å². The van der Waals surface area contributed by atoms with E-state index in [1.807, 2.05) is 6.20 Å². The molecule has 1 aromatic heterocycles. The molecular weight excluding hydrogens is 230 g/mol. The van der Waals surface area contributed by atoms with Crippen molar-refractivity contribution in [2.24, 2.45) is 0 Å². The van der Waals surface area contributed by atoms with Gasteiger partial charge in [0.05, 0.1) is 0 Å². The van der Waals surface area contributed by atoms with Crippen LogP contribution in [0.5, 0.6) is 0 Å². The highest BCUT2D eigenvalue weighted by Crippen LogP contribution is 2.51. The van der Waals surface area contributed by atoms with E-state index in [2.05, 4.69) is 49.3 Å². The topological polar surface area (TPSA) is 15.8 Å². The Hall–Kier alpha value is -1.76. The van der Waals surface area contributed by atoms with Crippen LogP contribution in [0, 0.1) is 0 Å². The Morgan fingerprint density at radius 3 is 2.84 bits per heavy atom. The molecule has 0 amide bonds. The third-order valence-corrected chi connectivity index (χ3v) is 4.61. The summed E-state index contributed by atoms with van der Waals surface area (Å²) in [4.78, 5) is 3.26. The molecule has 1 fully saturated rings. The van der Waals surface area contributed by atoms with Gasteiger partial charge in [0.15, 0.2) is 0 Å². The SMILES string of the molecule is C=C(C)CC[C@@]1(c2ccc3[nH]ccc3c2)CCC1=C. The average molecular weight is 251 g/mol. The van der Waals surface area contributed by atoms with E-state index in [0.29, 0.717) is 0 Å². The lowest BCUT2D eigenvalue weighted by Crippen LogP contribution is -2.36. The van der Waals surface area contributed by atoms with Gasteiger partial charge in [-0.25, -0.2) is 0 Å². The fourth-order valence-electron chi connectivity index (χ4n) is 3.18. The van der Waals surface area contributed by atoms with Gasteiger partial charge in [-0.1, -0.05) is 23.8 Å². The first kappa shape index (κ1) is 12.3. The number of fused-ring (bicyclic) bond motifs is 1. The Kier molecular flexibility index (Phi) is 2.85. The van der Waals surface area contributed by atoms with Crippen LogP contribution in [0.4, 0.5) is 0 Å². The molecule has 1 heteroatoms. The Morgan fingerprint density at radius 1 is 1.37 bits per heavy atom. The zero-order chi connectivity index (χ0) is 13.5. The molecule has 3 rings (SSSR count). The van der Waals surface area contributed by atoms with Crippen LogP contribution in [0.2, 0.25) is 0 Å². The molecule has 0 aliphatic heterocycles. The van der Waals surface area contributed by atoms with Gasteiger partial charge >= 0.3 is 0 Å². The van der Waals surface area contributed by atoms with Crippen molar-refractivity contribution in [2.45, 2.75) is 38.0 Å². The molecule has 0 spiro atoms. The van der Waals surface area contributed by atoms with Crippen molar-refractivity contribution in [3.05, 3.63) is 60.3 Å². The molecule has 1 heterocycles. The number of rotatable bonds is 4. The lowest BCUT2D eigenvalue weighted by atomic mass is 9.58. The van der Waals surface area contributed by atoms with Crippen LogP contribution in [0.1, 0.15) is 38.2 Å². The number of nitrogens with one attached hydrogen (secondary N) is 1. The molecule has 1 nitrogen and oxygen atoms in total. The minimum Gasteiger partial charge on any atom is -0.361 e. The van der Waals surface area contributed by atoms with Crippen LogP contribution in [-0.4, -0.2) is 4.98 Å². The van der Waals surface area contributed by atoms with Crippen LogP contribution in [-0.2, 0) is 5.41 Å². The van der Waals surface area contributed by atoms with E-state index in [9.17, 15) is 0 Å². The van der Waals surface area contributed by atoms with Gasteiger partial charge in [-0.3, -0.25) is 0 Å². The maximum absolute atomic E-state index is 4.30. The number of allylic oxidation sites excluding steroid dienone is 2. The number of aromatic nitrogens is 1. The third-order valence-electron chi connectivity index (χ3n) is 4.61. The molecule has 0 radical (unpaired) electrons. The lowest BCUT2D eigenvalue weighted by molar-refractivity contribution is 0.336. The molecule has 0 unspecified atom stereocenters. The van der Waals surface area contributed by atoms with E-state index in [1.165, 1.54) is 40.5 Å². The second-order valence-electron chi connectivity index (χ2n) is 5.92. The Balaban J connectivity index is 1.99. The predicted molar refractivity (Wildman–Crippen MR) is 82.4 cm³/mol. The van der Waals surface area contributed by atoms with Crippen LogP contribution < -0.4 is 0 Å². The normalized spacial score (nSPS) is 22.5. The van der Waals surface area contributed by atoms with Gasteiger partial charge in [0.1, 0.15) is 0 Å². The van der Waals surface area contributed by atoms with Crippen molar-refractivity contribution in [2.75, 3.05) is 0 Å². The minimum atomic E-state index is 0.199. The summed E-state index contributed by atoms with van der Waals surface area (Å²) < 4.78 is 0. The highest BCUT2D eigenvalue weighted by atomic mass is 14.7. The Morgan fingerprint density at radius 2 is 2.21 bits per heavy atom.